The number of benzene rings is 2. The van der Waals surface area contributed by atoms with Crippen LogP contribution in [0.1, 0.15) is 5.56 Å². The maximum atomic E-state index is 12.4. The lowest BCUT2D eigenvalue weighted by Crippen LogP contribution is -2.21. The van der Waals surface area contributed by atoms with Gasteiger partial charge in [-0.3, -0.25) is 9.36 Å². The Morgan fingerprint density at radius 3 is 2.65 bits per heavy atom. The number of anilines is 1. The Bertz CT molecular complexity index is 825. The Kier molecular flexibility index (Phi) is 3.28. The molecule has 20 heavy (non-hydrogen) atoms. The van der Waals surface area contributed by atoms with Crippen molar-refractivity contribution in [1.82, 2.24) is 9.55 Å². The van der Waals surface area contributed by atoms with Gasteiger partial charge in [0, 0.05) is 10.2 Å². The van der Waals surface area contributed by atoms with Crippen LogP contribution in [0.15, 0.2) is 58.1 Å². The molecule has 1 aromatic heterocycles. The average molecular weight is 330 g/mol. The van der Waals surface area contributed by atoms with E-state index in [0.29, 0.717) is 23.1 Å². The molecule has 0 unspecified atom stereocenters. The van der Waals surface area contributed by atoms with Crippen molar-refractivity contribution in [2.75, 3.05) is 5.73 Å². The van der Waals surface area contributed by atoms with Crippen LogP contribution in [0.25, 0.3) is 10.9 Å². The molecular weight excluding hydrogens is 318 g/mol. The number of nitrogen functional groups attached to an aromatic ring is 1. The summed E-state index contributed by atoms with van der Waals surface area (Å²) >= 11 is 3.38. The molecule has 0 spiro atoms. The fourth-order valence-electron chi connectivity index (χ4n) is 2.06. The van der Waals surface area contributed by atoms with Gasteiger partial charge in [-0.25, -0.2) is 4.98 Å². The smallest absolute Gasteiger partial charge is 0.261 e. The highest BCUT2D eigenvalue weighted by molar-refractivity contribution is 9.10. The molecule has 3 aromatic rings. The molecule has 0 aliphatic rings. The van der Waals surface area contributed by atoms with Gasteiger partial charge in [-0.15, -0.1) is 0 Å². The summed E-state index contributed by atoms with van der Waals surface area (Å²) in [6, 6.07) is 13.0. The summed E-state index contributed by atoms with van der Waals surface area (Å²) < 4.78 is 2.47. The SMILES string of the molecule is Nc1ccc(Cn2cnc3ccc(Br)cc3c2=O)cc1. The largest absolute Gasteiger partial charge is 0.399 e. The van der Waals surface area contributed by atoms with Crippen LogP contribution in [0, 0.1) is 0 Å². The van der Waals surface area contributed by atoms with Crippen molar-refractivity contribution in [3.8, 4) is 0 Å². The zero-order chi connectivity index (χ0) is 14.1. The number of aromatic nitrogens is 2. The normalized spacial score (nSPS) is 10.8. The van der Waals surface area contributed by atoms with Gasteiger partial charge in [0.25, 0.3) is 5.56 Å². The summed E-state index contributed by atoms with van der Waals surface area (Å²) in [5, 5.41) is 0.609. The number of nitrogens with two attached hydrogens (primary N) is 1. The first-order chi connectivity index (χ1) is 9.63. The summed E-state index contributed by atoms with van der Waals surface area (Å²) in [7, 11) is 0. The van der Waals surface area contributed by atoms with Crippen molar-refractivity contribution < 1.29 is 0 Å². The zero-order valence-corrected chi connectivity index (χ0v) is 12.2. The quantitative estimate of drug-likeness (QED) is 0.735. The molecule has 4 nitrogen and oxygen atoms in total. The number of hydrogen-bond acceptors (Lipinski definition) is 3. The predicted molar refractivity (Wildman–Crippen MR) is 83.7 cm³/mol. The van der Waals surface area contributed by atoms with Gasteiger partial charge in [0.15, 0.2) is 0 Å². The maximum Gasteiger partial charge on any atom is 0.261 e. The third kappa shape index (κ3) is 2.44. The lowest BCUT2D eigenvalue weighted by Gasteiger charge is -2.07. The van der Waals surface area contributed by atoms with Gasteiger partial charge in [-0.1, -0.05) is 28.1 Å². The van der Waals surface area contributed by atoms with Crippen LogP contribution in [0.3, 0.4) is 0 Å². The van der Waals surface area contributed by atoms with Crippen molar-refractivity contribution in [3.63, 3.8) is 0 Å². The fraction of sp³-hybridized carbons (Fsp3) is 0.0667. The molecule has 100 valence electrons. The lowest BCUT2D eigenvalue weighted by molar-refractivity contribution is 0.748. The first kappa shape index (κ1) is 12.9. The lowest BCUT2D eigenvalue weighted by atomic mass is 10.2. The summed E-state index contributed by atoms with van der Waals surface area (Å²) in [5.74, 6) is 0. The minimum absolute atomic E-state index is 0.0480. The second kappa shape index (κ2) is 5.09. The third-order valence-corrected chi connectivity index (χ3v) is 3.61. The molecule has 5 heteroatoms. The van der Waals surface area contributed by atoms with Crippen molar-refractivity contribution in [2.45, 2.75) is 6.54 Å². The van der Waals surface area contributed by atoms with Gasteiger partial charge in [0.1, 0.15) is 0 Å². The van der Waals surface area contributed by atoms with Crippen LogP contribution >= 0.6 is 15.9 Å². The summed E-state index contributed by atoms with van der Waals surface area (Å²) in [4.78, 5) is 16.7. The van der Waals surface area contributed by atoms with Crippen LogP contribution in [-0.4, -0.2) is 9.55 Å². The highest BCUT2D eigenvalue weighted by Crippen LogP contribution is 2.15. The van der Waals surface area contributed by atoms with Crippen LogP contribution in [0.4, 0.5) is 5.69 Å². The fourth-order valence-corrected chi connectivity index (χ4v) is 2.42. The van der Waals surface area contributed by atoms with Gasteiger partial charge < -0.3 is 5.73 Å². The Morgan fingerprint density at radius 1 is 1.15 bits per heavy atom. The van der Waals surface area contributed by atoms with Gasteiger partial charge in [0.05, 0.1) is 23.8 Å². The molecule has 3 rings (SSSR count). The molecule has 2 N–H and O–H groups in total. The third-order valence-electron chi connectivity index (χ3n) is 3.12. The van der Waals surface area contributed by atoms with E-state index >= 15 is 0 Å². The monoisotopic (exact) mass is 329 g/mol. The molecule has 0 saturated heterocycles. The van der Waals surface area contributed by atoms with E-state index in [9.17, 15) is 4.79 Å². The molecule has 0 bridgehead atoms. The number of fused-ring (bicyclic) bond motifs is 1. The highest BCUT2D eigenvalue weighted by atomic mass is 79.9. The van der Waals surface area contributed by atoms with Crippen molar-refractivity contribution >= 4 is 32.5 Å². The molecule has 0 aliphatic carbocycles. The number of rotatable bonds is 2. The Hall–Kier alpha value is -2.14. The molecule has 2 aromatic carbocycles. The number of hydrogen-bond donors (Lipinski definition) is 1. The molecule has 0 aliphatic heterocycles. The van der Waals surface area contributed by atoms with Crippen molar-refractivity contribution in [2.24, 2.45) is 0 Å². The van der Waals surface area contributed by atoms with Gasteiger partial charge in [-0.05, 0) is 35.9 Å². The highest BCUT2D eigenvalue weighted by Gasteiger charge is 2.05. The Morgan fingerprint density at radius 2 is 1.90 bits per heavy atom. The van der Waals surface area contributed by atoms with E-state index in [1.54, 1.807) is 17.0 Å². The summed E-state index contributed by atoms with van der Waals surface area (Å²) in [6.45, 7) is 0.481. The van der Waals surface area contributed by atoms with Crippen LogP contribution < -0.4 is 11.3 Å². The van der Waals surface area contributed by atoms with Crippen LogP contribution in [-0.2, 0) is 6.54 Å². The summed E-state index contributed by atoms with van der Waals surface area (Å²) in [5.41, 5.74) is 8.03. The second-order valence-corrected chi connectivity index (χ2v) is 5.50. The maximum absolute atomic E-state index is 12.4. The molecule has 0 radical (unpaired) electrons. The molecule has 0 fully saturated rings. The first-order valence-electron chi connectivity index (χ1n) is 6.12. The summed E-state index contributed by atoms with van der Waals surface area (Å²) in [6.07, 6.45) is 1.58. The first-order valence-corrected chi connectivity index (χ1v) is 6.92. The minimum Gasteiger partial charge on any atom is -0.399 e. The molecular formula is C15H12BrN3O. The number of halogens is 1. The van der Waals surface area contributed by atoms with Crippen LogP contribution in [0.2, 0.25) is 0 Å². The van der Waals surface area contributed by atoms with E-state index in [1.807, 2.05) is 36.4 Å². The van der Waals surface area contributed by atoms with E-state index in [4.69, 9.17) is 5.73 Å². The predicted octanol–water partition coefficient (Wildman–Crippen LogP) is 2.79. The van der Waals surface area contributed by atoms with Gasteiger partial charge >= 0.3 is 0 Å². The molecule has 0 amide bonds. The van der Waals surface area contributed by atoms with Gasteiger partial charge in [0.2, 0.25) is 0 Å². The Balaban J connectivity index is 2.06. The average Bonchev–Trinajstić information content (AvgIpc) is 2.45. The zero-order valence-electron chi connectivity index (χ0n) is 10.6. The van der Waals surface area contributed by atoms with E-state index in [0.717, 1.165) is 10.0 Å². The standard InChI is InChI=1S/C15H12BrN3O/c16-11-3-6-14-13(7-11)15(20)19(9-18-14)8-10-1-4-12(17)5-2-10/h1-7,9H,8,17H2. The minimum atomic E-state index is -0.0480. The molecule has 0 saturated carbocycles. The number of nitrogens with zero attached hydrogens (tertiary/aromatic N) is 2. The Labute approximate surface area is 124 Å². The van der Waals surface area contributed by atoms with Crippen LogP contribution in [0.5, 0.6) is 0 Å². The van der Waals surface area contributed by atoms with E-state index in [1.165, 1.54) is 0 Å². The molecule has 1 heterocycles. The van der Waals surface area contributed by atoms with Crippen molar-refractivity contribution in [3.05, 3.63) is 69.2 Å². The topological polar surface area (TPSA) is 60.9 Å². The van der Waals surface area contributed by atoms with Gasteiger partial charge in [-0.2, -0.15) is 0 Å². The van der Waals surface area contributed by atoms with E-state index in [-0.39, 0.29) is 5.56 Å². The van der Waals surface area contributed by atoms with E-state index < -0.39 is 0 Å². The van der Waals surface area contributed by atoms with Crippen molar-refractivity contribution in [1.29, 1.82) is 0 Å². The molecule has 0 atom stereocenters. The second-order valence-electron chi connectivity index (χ2n) is 4.58. The van der Waals surface area contributed by atoms with E-state index in [2.05, 4.69) is 20.9 Å².